The van der Waals surface area contributed by atoms with Crippen LogP contribution in [0.4, 0.5) is 8.78 Å². The Kier molecular flexibility index (Phi) is 5.16. The van der Waals surface area contributed by atoms with E-state index in [1.165, 1.54) is 16.8 Å². The SMILES string of the molecule is C/C(=N/NC(=O)Cn1nnc2ccccc21)c1cccc(OC(F)F)c1. The van der Waals surface area contributed by atoms with Crippen molar-refractivity contribution in [3.05, 3.63) is 54.1 Å². The molecule has 1 aromatic heterocycles. The van der Waals surface area contributed by atoms with Gasteiger partial charge in [-0.2, -0.15) is 13.9 Å². The molecule has 3 rings (SSSR count). The van der Waals surface area contributed by atoms with Crippen LogP contribution in [0, 0.1) is 0 Å². The maximum Gasteiger partial charge on any atom is 0.387 e. The quantitative estimate of drug-likeness (QED) is 0.542. The number of carbonyl (C=O) groups is 1. The van der Waals surface area contributed by atoms with Gasteiger partial charge < -0.3 is 4.74 Å². The van der Waals surface area contributed by atoms with Crippen LogP contribution >= 0.6 is 0 Å². The van der Waals surface area contributed by atoms with Gasteiger partial charge in [0.25, 0.3) is 5.91 Å². The van der Waals surface area contributed by atoms with E-state index in [1.807, 2.05) is 18.2 Å². The van der Waals surface area contributed by atoms with Gasteiger partial charge in [-0.25, -0.2) is 10.1 Å². The van der Waals surface area contributed by atoms with E-state index in [9.17, 15) is 13.6 Å². The molecule has 0 saturated heterocycles. The van der Waals surface area contributed by atoms with Crippen LogP contribution in [-0.2, 0) is 11.3 Å². The maximum absolute atomic E-state index is 12.3. The van der Waals surface area contributed by atoms with Gasteiger partial charge in [0.1, 0.15) is 17.8 Å². The average molecular weight is 359 g/mol. The first-order valence-corrected chi connectivity index (χ1v) is 7.69. The second kappa shape index (κ2) is 7.68. The summed E-state index contributed by atoms with van der Waals surface area (Å²) < 4.78 is 30.4. The molecular formula is C17H15F2N5O2. The zero-order valence-electron chi connectivity index (χ0n) is 13.8. The van der Waals surface area contributed by atoms with Crippen molar-refractivity contribution < 1.29 is 18.3 Å². The molecule has 0 unspecified atom stereocenters. The Bertz CT molecular complexity index is 955. The van der Waals surface area contributed by atoms with Crippen LogP contribution < -0.4 is 10.2 Å². The highest BCUT2D eigenvalue weighted by molar-refractivity contribution is 5.99. The fraction of sp³-hybridized carbons (Fsp3) is 0.176. The van der Waals surface area contributed by atoms with Crippen LogP contribution in [0.25, 0.3) is 11.0 Å². The number of nitrogens with one attached hydrogen (secondary N) is 1. The number of hydrazone groups is 1. The minimum Gasteiger partial charge on any atom is -0.435 e. The first kappa shape index (κ1) is 17.5. The van der Waals surface area contributed by atoms with Crippen molar-refractivity contribution in [2.45, 2.75) is 20.1 Å². The fourth-order valence-corrected chi connectivity index (χ4v) is 2.31. The smallest absolute Gasteiger partial charge is 0.387 e. The van der Waals surface area contributed by atoms with E-state index in [1.54, 1.807) is 25.1 Å². The van der Waals surface area contributed by atoms with Crippen molar-refractivity contribution in [1.82, 2.24) is 20.4 Å². The number of ether oxygens (including phenoxy) is 1. The van der Waals surface area contributed by atoms with Gasteiger partial charge in [-0.05, 0) is 31.2 Å². The summed E-state index contributed by atoms with van der Waals surface area (Å²) in [5, 5.41) is 11.9. The molecule has 0 aliphatic carbocycles. The van der Waals surface area contributed by atoms with E-state index in [2.05, 4.69) is 25.6 Å². The number of halogens is 2. The van der Waals surface area contributed by atoms with E-state index in [0.717, 1.165) is 5.52 Å². The molecule has 0 radical (unpaired) electrons. The van der Waals surface area contributed by atoms with Crippen LogP contribution in [-0.4, -0.2) is 33.2 Å². The summed E-state index contributed by atoms with van der Waals surface area (Å²) in [6, 6.07) is 13.3. The van der Waals surface area contributed by atoms with E-state index in [-0.39, 0.29) is 18.2 Å². The fourth-order valence-electron chi connectivity index (χ4n) is 2.31. The Morgan fingerprint density at radius 2 is 2.08 bits per heavy atom. The highest BCUT2D eigenvalue weighted by atomic mass is 19.3. The second-order valence-electron chi connectivity index (χ2n) is 5.37. The molecule has 0 fully saturated rings. The molecule has 1 amide bonds. The van der Waals surface area contributed by atoms with Crippen molar-refractivity contribution in [2.75, 3.05) is 0 Å². The average Bonchev–Trinajstić information content (AvgIpc) is 3.02. The van der Waals surface area contributed by atoms with Crippen molar-refractivity contribution in [3.8, 4) is 5.75 Å². The number of benzene rings is 2. The summed E-state index contributed by atoms with van der Waals surface area (Å²) in [5.74, 6) is -0.368. The van der Waals surface area contributed by atoms with Gasteiger partial charge in [-0.3, -0.25) is 4.79 Å². The number of amides is 1. The molecule has 7 nitrogen and oxygen atoms in total. The normalized spacial score (nSPS) is 11.8. The van der Waals surface area contributed by atoms with Gasteiger partial charge in [0.05, 0.1) is 11.2 Å². The lowest BCUT2D eigenvalue weighted by molar-refractivity contribution is -0.121. The number of hydrogen-bond acceptors (Lipinski definition) is 5. The number of fused-ring (bicyclic) bond motifs is 1. The molecule has 1 N–H and O–H groups in total. The van der Waals surface area contributed by atoms with Crippen LogP contribution in [0.5, 0.6) is 5.75 Å². The summed E-state index contributed by atoms with van der Waals surface area (Å²) in [6.07, 6.45) is 0. The van der Waals surface area contributed by atoms with Gasteiger partial charge >= 0.3 is 6.61 Å². The lowest BCUT2D eigenvalue weighted by Crippen LogP contribution is -2.24. The van der Waals surface area contributed by atoms with Crippen LogP contribution in [0.15, 0.2) is 53.6 Å². The van der Waals surface area contributed by atoms with Gasteiger partial charge in [0.15, 0.2) is 0 Å². The van der Waals surface area contributed by atoms with Crippen LogP contribution in [0.2, 0.25) is 0 Å². The van der Waals surface area contributed by atoms with E-state index in [0.29, 0.717) is 16.8 Å². The molecule has 0 aliphatic heterocycles. The molecule has 3 aromatic rings. The number of hydrogen-bond donors (Lipinski definition) is 1. The van der Waals surface area contributed by atoms with Crippen LogP contribution in [0.1, 0.15) is 12.5 Å². The third-order valence-corrected chi connectivity index (χ3v) is 3.54. The minimum atomic E-state index is -2.90. The topological polar surface area (TPSA) is 81.4 Å². The van der Waals surface area contributed by atoms with E-state index >= 15 is 0 Å². The molecule has 134 valence electrons. The highest BCUT2D eigenvalue weighted by Crippen LogP contribution is 2.16. The first-order chi connectivity index (χ1) is 12.5. The highest BCUT2D eigenvalue weighted by Gasteiger charge is 2.09. The van der Waals surface area contributed by atoms with Crippen molar-refractivity contribution in [2.24, 2.45) is 5.10 Å². The van der Waals surface area contributed by atoms with Crippen molar-refractivity contribution >= 4 is 22.7 Å². The first-order valence-electron chi connectivity index (χ1n) is 7.69. The van der Waals surface area contributed by atoms with Gasteiger partial charge in [0.2, 0.25) is 0 Å². The summed E-state index contributed by atoms with van der Waals surface area (Å²) >= 11 is 0. The third kappa shape index (κ3) is 4.18. The molecule has 9 heteroatoms. The second-order valence-corrected chi connectivity index (χ2v) is 5.37. The van der Waals surface area contributed by atoms with Gasteiger partial charge in [-0.1, -0.05) is 29.5 Å². The molecule has 0 spiro atoms. The number of aromatic nitrogens is 3. The zero-order valence-corrected chi connectivity index (χ0v) is 13.8. The summed E-state index contributed by atoms with van der Waals surface area (Å²) in [7, 11) is 0. The van der Waals surface area contributed by atoms with Crippen molar-refractivity contribution in [3.63, 3.8) is 0 Å². The number of nitrogens with zero attached hydrogens (tertiary/aromatic N) is 4. The summed E-state index contributed by atoms with van der Waals surface area (Å²) in [4.78, 5) is 12.1. The number of rotatable bonds is 6. The Morgan fingerprint density at radius 1 is 1.27 bits per heavy atom. The summed E-state index contributed by atoms with van der Waals surface area (Å²) in [6.45, 7) is -1.31. The van der Waals surface area contributed by atoms with E-state index in [4.69, 9.17) is 0 Å². The molecule has 0 aliphatic rings. The number of alkyl halides is 2. The summed E-state index contributed by atoms with van der Waals surface area (Å²) in [5.41, 5.74) is 4.84. The molecule has 26 heavy (non-hydrogen) atoms. The van der Waals surface area contributed by atoms with Gasteiger partial charge in [-0.15, -0.1) is 5.10 Å². The maximum atomic E-state index is 12.3. The monoisotopic (exact) mass is 359 g/mol. The Labute approximate surface area is 147 Å². The Balaban J connectivity index is 1.66. The van der Waals surface area contributed by atoms with Crippen LogP contribution in [0.3, 0.4) is 0 Å². The predicted octanol–water partition coefficient (Wildman–Crippen LogP) is 2.57. The molecule has 0 bridgehead atoms. The van der Waals surface area contributed by atoms with Gasteiger partial charge in [0, 0.05) is 5.56 Å². The Hall–Kier alpha value is -3.36. The molecule has 1 heterocycles. The lowest BCUT2D eigenvalue weighted by atomic mass is 10.1. The van der Waals surface area contributed by atoms with E-state index < -0.39 is 6.61 Å². The standard InChI is InChI=1S/C17H15F2N5O2/c1-11(12-5-4-6-13(9-12)26-17(18)19)20-22-16(25)10-24-15-8-3-2-7-14(15)21-23-24/h2-9,17H,10H2,1H3,(H,22,25)/b20-11-. The zero-order chi connectivity index (χ0) is 18.5. The molecule has 0 atom stereocenters. The third-order valence-electron chi connectivity index (χ3n) is 3.54. The molecular weight excluding hydrogens is 344 g/mol. The predicted molar refractivity (Wildman–Crippen MR) is 91.0 cm³/mol. The van der Waals surface area contributed by atoms with Crippen molar-refractivity contribution in [1.29, 1.82) is 0 Å². The number of para-hydroxylation sites is 1. The number of carbonyl (C=O) groups excluding carboxylic acids is 1. The molecule has 0 saturated carbocycles. The lowest BCUT2D eigenvalue weighted by Gasteiger charge is -2.07. The largest absolute Gasteiger partial charge is 0.435 e. The molecule has 2 aromatic carbocycles. The minimum absolute atomic E-state index is 0.0208. The Morgan fingerprint density at radius 3 is 2.88 bits per heavy atom.